The van der Waals surface area contributed by atoms with Crippen LogP contribution in [-0.4, -0.2) is 24.7 Å². The van der Waals surface area contributed by atoms with Gasteiger partial charge in [0.05, 0.1) is 6.10 Å². The molecule has 3 fully saturated rings. The first-order valence-electron chi connectivity index (χ1n) is 8.93. The molecule has 2 aliphatic carbocycles. The van der Waals surface area contributed by atoms with Crippen LogP contribution in [0.1, 0.15) is 50.4 Å². The summed E-state index contributed by atoms with van der Waals surface area (Å²) >= 11 is 0. The van der Waals surface area contributed by atoms with Gasteiger partial charge < -0.3 is 10.1 Å². The lowest BCUT2D eigenvalue weighted by Crippen LogP contribution is -2.59. The number of fused-ring (bicyclic) bond motifs is 1. The summed E-state index contributed by atoms with van der Waals surface area (Å²) in [5.74, 6) is 1.36. The zero-order valence-corrected chi connectivity index (χ0v) is 14.3. The van der Waals surface area contributed by atoms with Crippen molar-refractivity contribution in [3.63, 3.8) is 0 Å². The van der Waals surface area contributed by atoms with Crippen molar-refractivity contribution in [2.75, 3.05) is 6.61 Å². The van der Waals surface area contributed by atoms with Crippen molar-refractivity contribution in [2.45, 2.75) is 52.2 Å². The highest BCUT2D eigenvalue weighted by Gasteiger charge is 2.67. The maximum atomic E-state index is 12.8. The summed E-state index contributed by atoms with van der Waals surface area (Å²) in [4.78, 5) is 12.8. The summed E-state index contributed by atoms with van der Waals surface area (Å²) in [5, 5.41) is 3.43. The predicted octanol–water partition coefficient (Wildman–Crippen LogP) is 3.65. The van der Waals surface area contributed by atoms with E-state index in [-0.39, 0.29) is 22.8 Å². The third-order valence-corrected chi connectivity index (χ3v) is 7.10. The Morgan fingerprint density at radius 1 is 1.26 bits per heavy atom. The van der Waals surface area contributed by atoms with E-state index in [2.05, 4.69) is 26.1 Å². The smallest absolute Gasteiger partial charge is 0.251 e. The third kappa shape index (κ3) is 2.09. The molecular weight excluding hydrogens is 286 g/mol. The summed E-state index contributed by atoms with van der Waals surface area (Å²) in [7, 11) is 0. The van der Waals surface area contributed by atoms with Crippen molar-refractivity contribution < 1.29 is 9.53 Å². The lowest BCUT2D eigenvalue weighted by Gasteiger charge is -2.52. The van der Waals surface area contributed by atoms with Gasteiger partial charge in [-0.3, -0.25) is 4.79 Å². The van der Waals surface area contributed by atoms with Gasteiger partial charge in [-0.25, -0.2) is 0 Å². The molecule has 3 aliphatic rings. The van der Waals surface area contributed by atoms with E-state index < -0.39 is 0 Å². The summed E-state index contributed by atoms with van der Waals surface area (Å²) in [6.45, 7) is 7.74. The van der Waals surface area contributed by atoms with Crippen LogP contribution in [0.15, 0.2) is 30.3 Å². The highest BCUT2D eigenvalue weighted by Crippen LogP contribution is 2.68. The maximum absolute atomic E-state index is 12.8. The molecule has 3 nitrogen and oxygen atoms in total. The first-order chi connectivity index (χ1) is 10.9. The van der Waals surface area contributed by atoms with E-state index in [0.717, 1.165) is 18.6 Å². The first kappa shape index (κ1) is 15.2. The molecule has 124 valence electrons. The number of benzene rings is 1. The molecule has 1 aromatic rings. The molecule has 1 aliphatic heterocycles. The molecule has 0 radical (unpaired) electrons. The minimum atomic E-state index is 0.0727. The van der Waals surface area contributed by atoms with Crippen LogP contribution in [0.2, 0.25) is 0 Å². The Bertz CT molecular complexity index is 611. The van der Waals surface area contributed by atoms with Gasteiger partial charge in [0.25, 0.3) is 5.91 Å². The zero-order chi connectivity index (χ0) is 16.2. The van der Waals surface area contributed by atoms with Gasteiger partial charge in [0.15, 0.2) is 0 Å². The average Bonchev–Trinajstić information content (AvgIpc) is 3.03. The first-order valence-corrected chi connectivity index (χ1v) is 8.93. The van der Waals surface area contributed by atoms with Crippen LogP contribution in [0, 0.1) is 22.7 Å². The Morgan fingerprint density at radius 3 is 2.74 bits per heavy atom. The highest BCUT2D eigenvalue weighted by molar-refractivity contribution is 5.94. The van der Waals surface area contributed by atoms with Gasteiger partial charge in [-0.2, -0.15) is 0 Å². The SMILES string of the molecule is C[C@H]1OCCC23C[C@@H](C[C@H]12)C(C)(C)[C@H]3NC(=O)c1ccccc1. The van der Waals surface area contributed by atoms with E-state index in [1.165, 1.54) is 12.8 Å². The van der Waals surface area contributed by atoms with Gasteiger partial charge in [-0.15, -0.1) is 0 Å². The van der Waals surface area contributed by atoms with E-state index in [4.69, 9.17) is 4.74 Å². The van der Waals surface area contributed by atoms with E-state index in [1.54, 1.807) is 0 Å². The standard InChI is InChI=1S/C20H27NO2/c1-13-16-11-15-12-20(16,9-10-23-13)18(19(15,2)3)21-17(22)14-7-5-4-6-8-14/h4-8,13,15-16,18H,9-12H2,1-3H3,(H,21,22)/t13-,15-,16-,18-,20?/m1/s1. The fraction of sp³-hybridized carbons (Fsp3) is 0.650. The molecule has 1 saturated heterocycles. The van der Waals surface area contributed by atoms with Crippen LogP contribution in [0.5, 0.6) is 0 Å². The van der Waals surface area contributed by atoms with Crippen LogP contribution >= 0.6 is 0 Å². The number of carbonyl (C=O) groups is 1. The normalized spacial score (nSPS) is 40.7. The van der Waals surface area contributed by atoms with Crippen LogP contribution in [0.4, 0.5) is 0 Å². The zero-order valence-electron chi connectivity index (χ0n) is 14.3. The van der Waals surface area contributed by atoms with Gasteiger partial charge in [-0.05, 0) is 61.0 Å². The number of ether oxygens (including phenoxy) is 1. The van der Waals surface area contributed by atoms with Gasteiger partial charge in [-0.1, -0.05) is 32.0 Å². The molecule has 2 saturated carbocycles. The van der Waals surface area contributed by atoms with E-state index in [9.17, 15) is 4.79 Å². The fourth-order valence-electron chi connectivity index (χ4n) is 5.89. The monoisotopic (exact) mass is 313 g/mol. The minimum Gasteiger partial charge on any atom is -0.378 e. The quantitative estimate of drug-likeness (QED) is 0.905. The Kier molecular flexibility index (Phi) is 3.35. The third-order valence-electron chi connectivity index (χ3n) is 7.10. The van der Waals surface area contributed by atoms with Gasteiger partial charge in [0.1, 0.15) is 0 Å². The Hall–Kier alpha value is -1.35. The topological polar surface area (TPSA) is 38.3 Å². The summed E-state index contributed by atoms with van der Waals surface area (Å²) < 4.78 is 5.93. The molecule has 0 aromatic heterocycles. The Morgan fingerprint density at radius 2 is 2.00 bits per heavy atom. The second kappa shape index (κ2) is 5.07. The van der Waals surface area contributed by atoms with Crippen molar-refractivity contribution >= 4 is 5.91 Å². The second-order valence-corrected chi connectivity index (χ2v) is 8.40. The number of hydrogen-bond donors (Lipinski definition) is 1. The van der Waals surface area contributed by atoms with Crippen molar-refractivity contribution in [3.05, 3.63) is 35.9 Å². The summed E-state index contributed by atoms with van der Waals surface area (Å²) in [6, 6.07) is 9.86. The molecule has 4 rings (SSSR count). The second-order valence-electron chi connectivity index (χ2n) is 8.40. The predicted molar refractivity (Wildman–Crippen MR) is 90.2 cm³/mol. The fourth-order valence-corrected chi connectivity index (χ4v) is 5.89. The molecule has 1 unspecified atom stereocenters. The van der Waals surface area contributed by atoms with E-state index in [0.29, 0.717) is 17.9 Å². The van der Waals surface area contributed by atoms with E-state index >= 15 is 0 Å². The number of hydrogen-bond acceptors (Lipinski definition) is 2. The van der Waals surface area contributed by atoms with Gasteiger partial charge in [0, 0.05) is 18.2 Å². The number of nitrogens with one attached hydrogen (secondary N) is 1. The van der Waals surface area contributed by atoms with E-state index in [1.807, 2.05) is 30.3 Å². The van der Waals surface area contributed by atoms with Crippen molar-refractivity contribution in [1.29, 1.82) is 0 Å². The maximum Gasteiger partial charge on any atom is 0.251 e. The minimum absolute atomic E-state index is 0.0727. The summed E-state index contributed by atoms with van der Waals surface area (Å²) in [6.07, 6.45) is 3.91. The Labute approximate surface area is 138 Å². The average molecular weight is 313 g/mol. The summed E-state index contributed by atoms with van der Waals surface area (Å²) in [5.41, 5.74) is 1.16. The number of carbonyl (C=O) groups excluding carboxylic acids is 1. The molecule has 1 heterocycles. The number of rotatable bonds is 2. The lowest BCUT2D eigenvalue weighted by molar-refractivity contribution is -0.110. The number of amides is 1. The van der Waals surface area contributed by atoms with Gasteiger partial charge >= 0.3 is 0 Å². The molecule has 23 heavy (non-hydrogen) atoms. The van der Waals surface area contributed by atoms with Crippen molar-refractivity contribution in [1.82, 2.24) is 5.32 Å². The lowest BCUT2D eigenvalue weighted by atomic mass is 9.59. The van der Waals surface area contributed by atoms with Gasteiger partial charge in [0.2, 0.25) is 0 Å². The molecule has 5 atom stereocenters. The molecule has 1 amide bonds. The molecule has 3 heteroatoms. The molecule has 2 bridgehead atoms. The van der Waals surface area contributed by atoms with Crippen molar-refractivity contribution in [3.8, 4) is 0 Å². The highest BCUT2D eigenvalue weighted by atomic mass is 16.5. The van der Waals surface area contributed by atoms with Crippen LogP contribution < -0.4 is 5.32 Å². The molecule has 1 spiro atoms. The van der Waals surface area contributed by atoms with Crippen molar-refractivity contribution in [2.24, 2.45) is 22.7 Å². The molecular formula is C20H27NO2. The van der Waals surface area contributed by atoms with Crippen LogP contribution in [0.25, 0.3) is 0 Å². The van der Waals surface area contributed by atoms with Crippen LogP contribution in [0.3, 0.4) is 0 Å². The Balaban J connectivity index is 1.65. The molecule has 1 aromatic carbocycles. The largest absolute Gasteiger partial charge is 0.378 e. The van der Waals surface area contributed by atoms with Crippen LogP contribution in [-0.2, 0) is 4.74 Å². The molecule has 1 N–H and O–H groups in total.